The summed E-state index contributed by atoms with van der Waals surface area (Å²) >= 11 is 0. The van der Waals surface area contributed by atoms with Gasteiger partial charge in [-0.05, 0) is 44.1 Å². The fourth-order valence-corrected chi connectivity index (χ4v) is 5.57. The lowest BCUT2D eigenvalue weighted by Gasteiger charge is -2.45. The van der Waals surface area contributed by atoms with Gasteiger partial charge in [-0.1, -0.05) is 13.8 Å². The minimum absolute atomic E-state index is 0.130. The Hall–Kier alpha value is -0.870. The third-order valence-corrected chi connectivity index (χ3v) is 7.09. The summed E-state index contributed by atoms with van der Waals surface area (Å²) in [6.07, 6.45) is 4.26. The van der Waals surface area contributed by atoms with E-state index in [0.717, 1.165) is 18.4 Å². The van der Waals surface area contributed by atoms with Gasteiger partial charge in [0.15, 0.2) is 5.72 Å². The molecule has 2 N–H and O–H groups in total. The van der Waals surface area contributed by atoms with Crippen molar-refractivity contribution in [3.05, 3.63) is 11.1 Å². The van der Waals surface area contributed by atoms with Crippen LogP contribution < -0.4 is 10.6 Å². The van der Waals surface area contributed by atoms with Crippen LogP contribution in [0.5, 0.6) is 0 Å². The lowest BCUT2D eigenvalue weighted by atomic mass is 9.62. The van der Waals surface area contributed by atoms with E-state index in [1.54, 1.807) is 0 Å². The lowest BCUT2D eigenvalue weighted by Crippen LogP contribution is -2.52. The van der Waals surface area contributed by atoms with Gasteiger partial charge in [-0.25, -0.2) is 4.79 Å². The van der Waals surface area contributed by atoms with Crippen LogP contribution in [-0.4, -0.2) is 30.8 Å². The van der Waals surface area contributed by atoms with Crippen LogP contribution in [0.2, 0.25) is 0 Å². The first kappa shape index (κ1) is 12.8. The summed E-state index contributed by atoms with van der Waals surface area (Å²) in [7, 11) is 2.05. The molecule has 1 saturated heterocycles. The predicted molar refractivity (Wildman–Crippen MR) is 76.0 cm³/mol. The molecule has 2 aliphatic heterocycles. The Kier molecular flexibility index (Phi) is 2.23. The first-order chi connectivity index (χ1) is 9.36. The summed E-state index contributed by atoms with van der Waals surface area (Å²) in [6.45, 7) is 6.74. The molecule has 4 rings (SSSR count). The molecule has 4 heteroatoms. The summed E-state index contributed by atoms with van der Waals surface area (Å²) in [5, 5.41) is 7.24. The highest BCUT2D eigenvalue weighted by Crippen LogP contribution is 2.66. The van der Waals surface area contributed by atoms with Crippen molar-refractivity contribution < 1.29 is 9.53 Å². The molecule has 0 amide bonds. The van der Waals surface area contributed by atoms with Crippen LogP contribution in [0.25, 0.3) is 0 Å². The van der Waals surface area contributed by atoms with Crippen molar-refractivity contribution in [2.75, 3.05) is 7.05 Å². The number of ether oxygens (including phenoxy) is 1. The zero-order valence-electron chi connectivity index (χ0n) is 12.8. The maximum absolute atomic E-state index is 12.1. The van der Waals surface area contributed by atoms with Gasteiger partial charge in [0, 0.05) is 29.7 Å². The molecule has 4 aliphatic rings. The van der Waals surface area contributed by atoms with E-state index >= 15 is 0 Å². The van der Waals surface area contributed by atoms with Crippen molar-refractivity contribution in [2.24, 2.45) is 10.8 Å². The zero-order chi connectivity index (χ0) is 14.3. The molecular weight excluding hydrogens is 252 g/mol. The third kappa shape index (κ3) is 1.15. The molecule has 0 aromatic rings. The van der Waals surface area contributed by atoms with Crippen LogP contribution in [0, 0.1) is 10.8 Å². The second-order valence-corrected chi connectivity index (χ2v) is 7.61. The largest absolute Gasteiger partial charge is 0.436 e. The summed E-state index contributed by atoms with van der Waals surface area (Å²) in [4.78, 5) is 12.1. The normalized spacial score (nSPS) is 53.1. The Morgan fingerprint density at radius 1 is 1.35 bits per heavy atom. The summed E-state index contributed by atoms with van der Waals surface area (Å²) in [5.41, 5.74) is 1.96. The van der Waals surface area contributed by atoms with Gasteiger partial charge in [-0.2, -0.15) is 0 Å². The van der Waals surface area contributed by atoms with Gasteiger partial charge < -0.3 is 10.1 Å². The Morgan fingerprint density at radius 3 is 2.80 bits per heavy atom. The Balaban J connectivity index is 1.93. The van der Waals surface area contributed by atoms with Gasteiger partial charge in [0.05, 0.1) is 0 Å². The Morgan fingerprint density at radius 2 is 2.10 bits per heavy atom. The number of carbonyl (C=O) groups is 1. The maximum Gasteiger partial charge on any atom is 0.335 e. The summed E-state index contributed by atoms with van der Waals surface area (Å²) in [5.74, 6) is -0.130. The average molecular weight is 276 g/mol. The lowest BCUT2D eigenvalue weighted by molar-refractivity contribution is -0.149. The zero-order valence-corrected chi connectivity index (χ0v) is 12.8. The van der Waals surface area contributed by atoms with Crippen molar-refractivity contribution in [3.8, 4) is 0 Å². The molecule has 2 saturated carbocycles. The van der Waals surface area contributed by atoms with E-state index in [-0.39, 0.29) is 16.8 Å². The molecule has 0 radical (unpaired) electrons. The smallest absolute Gasteiger partial charge is 0.335 e. The van der Waals surface area contributed by atoms with Gasteiger partial charge in [-0.3, -0.25) is 5.32 Å². The maximum atomic E-state index is 12.1. The second kappa shape index (κ2) is 3.47. The van der Waals surface area contributed by atoms with E-state index in [4.69, 9.17) is 4.74 Å². The highest BCUT2D eigenvalue weighted by molar-refractivity contribution is 5.92. The molecule has 2 bridgehead atoms. The minimum atomic E-state index is -0.506. The number of hydrogen-bond donors (Lipinski definition) is 2. The van der Waals surface area contributed by atoms with Crippen molar-refractivity contribution in [3.63, 3.8) is 0 Å². The number of esters is 1. The van der Waals surface area contributed by atoms with Crippen LogP contribution in [0.3, 0.4) is 0 Å². The van der Waals surface area contributed by atoms with Crippen molar-refractivity contribution in [2.45, 2.75) is 64.3 Å². The summed E-state index contributed by atoms with van der Waals surface area (Å²) < 4.78 is 5.84. The summed E-state index contributed by atoms with van der Waals surface area (Å²) in [6, 6.07) is 0.873. The van der Waals surface area contributed by atoms with Crippen LogP contribution >= 0.6 is 0 Å². The van der Waals surface area contributed by atoms with Gasteiger partial charge in [0.25, 0.3) is 0 Å². The molecule has 20 heavy (non-hydrogen) atoms. The van der Waals surface area contributed by atoms with Crippen LogP contribution in [0.1, 0.15) is 46.5 Å². The highest BCUT2D eigenvalue weighted by Gasteiger charge is 2.70. The van der Waals surface area contributed by atoms with Gasteiger partial charge in [0.1, 0.15) is 0 Å². The van der Waals surface area contributed by atoms with Gasteiger partial charge in [-0.15, -0.1) is 0 Å². The van der Waals surface area contributed by atoms with Crippen LogP contribution in [-0.2, 0) is 9.53 Å². The van der Waals surface area contributed by atoms with Crippen molar-refractivity contribution in [1.82, 2.24) is 10.6 Å². The minimum Gasteiger partial charge on any atom is -0.436 e. The molecular formula is C16H24N2O2. The molecule has 2 heterocycles. The number of rotatable bonds is 1. The van der Waals surface area contributed by atoms with E-state index in [0.29, 0.717) is 12.1 Å². The van der Waals surface area contributed by atoms with E-state index < -0.39 is 5.72 Å². The number of carbonyl (C=O) groups excluding carboxylic acids is 1. The fraction of sp³-hybridized carbons (Fsp3) is 0.812. The predicted octanol–water partition coefficient (Wildman–Crippen LogP) is 1.72. The van der Waals surface area contributed by atoms with E-state index in [1.165, 1.54) is 18.4 Å². The van der Waals surface area contributed by atoms with Crippen molar-refractivity contribution in [1.29, 1.82) is 0 Å². The number of hydrogen-bond acceptors (Lipinski definition) is 4. The number of nitrogens with one attached hydrogen (secondary N) is 2. The average Bonchev–Trinajstić information content (AvgIpc) is 2.88. The molecule has 5 atom stereocenters. The fourth-order valence-electron chi connectivity index (χ4n) is 5.57. The van der Waals surface area contributed by atoms with Gasteiger partial charge >= 0.3 is 5.97 Å². The Labute approximate surface area is 120 Å². The second-order valence-electron chi connectivity index (χ2n) is 7.61. The monoisotopic (exact) mass is 276 g/mol. The first-order valence-electron chi connectivity index (χ1n) is 7.75. The third-order valence-electron chi connectivity index (χ3n) is 7.09. The van der Waals surface area contributed by atoms with E-state index in [1.807, 2.05) is 6.92 Å². The van der Waals surface area contributed by atoms with Crippen molar-refractivity contribution >= 4 is 5.97 Å². The van der Waals surface area contributed by atoms with Crippen LogP contribution in [0.4, 0.5) is 0 Å². The van der Waals surface area contributed by atoms with Crippen LogP contribution in [0.15, 0.2) is 11.1 Å². The molecule has 0 unspecified atom stereocenters. The molecule has 1 spiro atoms. The first-order valence-corrected chi connectivity index (χ1v) is 7.75. The highest BCUT2D eigenvalue weighted by atomic mass is 16.6. The quantitative estimate of drug-likeness (QED) is 0.716. The molecule has 4 nitrogen and oxygen atoms in total. The van der Waals surface area contributed by atoms with E-state index in [9.17, 15) is 4.79 Å². The molecule has 0 aromatic carbocycles. The van der Waals surface area contributed by atoms with E-state index in [2.05, 4.69) is 31.5 Å². The molecule has 3 fully saturated rings. The van der Waals surface area contributed by atoms with Gasteiger partial charge in [0.2, 0.25) is 0 Å². The SMILES string of the molecule is CN[C@H]1CC2=C(C)C(=O)O[C@@]23C[C@]2(C)[C@@H](CC[C@]12C)N3. The topological polar surface area (TPSA) is 50.4 Å². The standard InChI is InChI=1S/C16H24N2O2/c1-9-10-7-12(17-4)14(2)6-5-11-15(14,3)8-16(10,18-11)20-13(9)19/h11-12,17-18H,5-8H2,1-4H3/t11-,12+,14-,15-,16+/m1/s1. The molecule has 110 valence electrons. The molecule has 2 aliphatic carbocycles. The molecule has 0 aromatic heterocycles. The Bertz CT molecular complexity index is 543.